The van der Waals surface area contributed by atoms with Gasteiger partial charge in [0.15, 0.2) is 0 Å². The van der Waals surface area contributed by atoms with E-state index in [0.717, 1.165) is 22.3 Å². The average Bonchev–Trinajstić information content (AvgIpc) is 3.42. The van der Waals surface area contributed by atoms with Crippen molar-refractivity contribution in [2.45, 2.75) is 45.4 Å². The zero-order valence-electron chi connectivity index (χ0n) is 20.9. The summed E-state index contributed by atoms with van der Waals surface area (Å²) in [6, 6.07) is 19.1. The zero-order chi connectivity index (χ0) is 26.3. The predicted octanol–water partition coefficient (Wildman–Crippen LogP) is 6.00. The molecule has 0 fully saturated rings. The number of hydrogen-bond donors (Lipinski definition) is 2. The summed E-state index contributed by atoms with van der Waals surface area (Å²) in [4.78, 5) is 38.7. The standard InChI is InChI=1S/C29H28N2O6/c1-29(2,3)37-28(35)31-14-22-21(26(32)33)12-13-25(23(22)15-31)30-27(34)36-16-24-19-10-6-4-8-17(19)18-9-5-7-11-20(18)24/h4-13,24H,14-16H2,1-3H3,(H,30,34)(H,32,33). The average molecular weight is 501 g/mol. The molecule has 37 heavy (non-hydrogen) atoms. The highest BCUT2D eigenvalue weighted by Gasteiger charge is 2.33. The van der Waals surface area contributed by atoms with Crippen LogP contribution in [0.15, 0.2) is 60.7 Å². The molecule has 0 saturated carbocycles. The number of aromatic carboxylic acids is 1. The lowest BCUT2D eigenvalue weighted by molar-refractivity contribution is 0.0240. The molecule has 190 valence electrons. The van der Waals surface area contributed by atoms with Gasteiger partial charge in [0.25, 0.3) is 0 Å². The minimum Gasteiger partial charge on any atom is -0.478 e. The van der Waals surface area contributed by atoms with Crippen LogP contribution in [0.5, 0.6) is 0 Å². The number of carboxylic acids is 1. The van der Waals surface area contributed by atoms with Crippen LogP contribution in [0.2, 0.25) is 0 Å². The third-order valence-electron chi connectivity index (χ3n) is 6.59. The summed E-state index contributed by atoms with van der Waals surface area (Å²) in [5.41, 5.74) is 5.31. The molecular weight excluding hydrogens is 472 g/mol. The van der Waals surface area contributed by atoms with Gasteiger partial charge in [0.05, 0.1) is 18.7 Å². The van der Waals surface area contributed by atoms with Gasteiger partial charge < -0.3 is 14.6 Å². The number of nitrogens with one attached hydrogen (secondary N) is 1. The molecule has 3 aromatic carbocycles. The van der Waals surface area contributed by atoms with Crippen molar-refractivity contribution < 1.29 is 29.0 Å². The maximum Gasteiger partial charge on any atom is 0.411 e. The first-order chi connectivity index (χ1) is 17.6. The Hall–Kier alpha value is -4.33. The molecule has 0 radical (unpaired) electrons. The molecule has 8 nitrogen and oxygen atoms in total. The summed E-state index contributed by atoms with van der Waals surface area (Å²) in [6.07, 6.45) is -1.20. The van der Waals surface area contributed by atoms with E-state index in [1.54, 1.807) is 20.8 Å². The van der Waals surface area contributed by atoms with E-state index in [4.69, 9.17) is 9.47 Å². The summed E-state index contributed by atoms with van der Waals surface area (Å²) in [7, 11) is 0. The number of carbonyl (C=O) groups is 3. The molecule has 2 amide bonds. The lowest BCUT2D eigenvalue weighted by atomic mass is 9.98. The van der Waals surface area contributed by atoms with E-state index < -0.39 is 23.8 Å². The Morgan fingerprint density at radius 1 is 0.919 bits per heavy atom. The minimum atomic E-state index is -1.10. The summed E-state index contributed by atoms with van der Waals surface area (Å²) in [5.74, 6) is -1.18. The van der Waals surface area contributed by atoms with E-state index in [9.17, 15) is 19.5 Å². The van der Waals surface area contributed by atoms with Crippen LogP contribution in [0.1, 0.15) is 59.3 Å². The fraction of sp³-hybridized carbons (Fsp3) is 0.276. The molecule has 0 saturated heterocycles. The van der Waals surface area contributed by atoms with Crippen LogP contribution in [0.25, 0.3) is 11.1 Å². The molecule has 0 aromatic heterocycles. The highest BCUT2D eigenvalue weighted by molar-refractivity contribution is 5.93. The number of benzene rings is 3. The number of nitrogens with zero attached hydrogens (tertiary/aromatic N) is 1. The Balaban J connectivity index is 1.33. The first-order valence-corrected chi connectivity index (χ1v) is 12.1. The molecule has 8 heteroatoms. The smallest absolute Gasteiger partial charge is 0.411 e. The molecule has 0 spiro atoms. The maximum absolute atomic E-state index is 12.9. The minimum absolute atomic E-state index is 0.0755. The van der Waals surface area contributed by atoms with Crippen LogP contribution >= 0.6 is 0 Å². The molecule has 1 heterocycles. The molecular formula is C29H28N2O6. The Kier molecular flexibility index (Phi) is 6.11. The largest absolute Gasteiger partial charge is 0.478 e. The number of carboxylic acid groups (broad SMARTS) is 1. The number of amides is 2. The van der Waals surface area contributed by atoms with Gasteiger partial charge in [-0.1, -0.05) is 48.5 Å². The van der Waals surface area contributed by atoms with Gasteiger partial charge in [-0.25, -0.2) is 14.4 Å². The highest BCUT2D eigenvalue weighted by atomic mass is 16.6. The van der Waals surface area contributed by atoms with E-state index in [2.05, 4.69) is 17.4 Å². The number of carbonyl (C=O) groups excluding carboxylic acids is 2. The Morgan fingerprint density at radius 3 is 2.11 bits per heavy atom. The fourth-order valence-corrected chi connectivity index (χ4v) is 5.01. The Morgan fingerprint density at radius 2 is 1.51 bits per heavy atom. The number of fused-ring (bicyclic) bond motifs is 4. The molecule has 0 atom stereocenters. The SMILES string of the molecule is CC(C)(C)OC(=O)N1Cc2c(NC(=O)OCC3c4ccccc4-c4ccccc43)ccc(C(=O)O)c2C1. The number of anilines is 1. The van der Waals surface area contributed by atoms with Gasteiger partial charge in [-0.3, -0.25) is 10.2 Å². The maximum atomic E-state index is 12.9. The second-order valence-electron chi connectivity index (χ2n) is 10.2. The first kappa shape index (κ1) is 24.4. The van der Waals surface area contributed by atoms with Crippen molar-refractivity contribution in [3.05, 3.63) is 88.5 Å². The first-order valence-electron chi connectivity index (χ1n) is 12.1. The van der Waals surface area contributed by atoms with Gasteiger partial charge in [-0.15, -0.1) is 0 Å². The van der Waals surface area contributed by atoms with E-state index in [1.807, 2.05) is 36.4 Å². The van der Waals surface area contributed by atoms with E-state index in [-0.39, 0.29) is 31.2 Å². The van der Waals surface area contributed by atoms with E-state index in [1.165, 1.54) is 17.0 Å². The molecule has 1 aliphatic heterocycles. The summed E-state index contributed by atoms with van der Waals surface area (Å²) in [5, 5.41) is 12.4. The van der Waals surface area contributed by atoms with Gasteiger partial charge in [0, 0.05) is 17.2 Å². The molecule has 0 unspecified atom stereocenters. The third-order valence-corrected chi connectivity index (χ3v) is 6.59. The van der Waals surface area contributed by atoms with Gasteiger partial charge >= 0.3 is 18.2 Å². The molecule has 0 bridgehead atoms. The van der Waals surface area contributed by atoms with Crippen molar-refractivity contribution in [3.63, 3.8) is 0 Å². The predicted molar refractivity (Wildman–Crippen MR) is 138 cm³/mol. The van der Waals surface area contributed by atoms with Crippen LogP contribution in [0.3, 0.4) is 0 Å². The highest BCUT2D eigenvalue weighted by Crippen LogP contribution is 2.44. The van der Waals surface area contributed by atoms with Crippen LogP contribution in [0.4, 0.5) is 15.3 Å². The Bertz CT molecular complexity index is 1360. The molecule has 2 aliphatic rings. The van der Waals surface area contributed by atoms with Gasteiger partial charge in [0.2, 0.25) is 0 Å². The lowest BCUT2D eigenvalue weighted by Gasteiger charge is -2.24. The second kappa shape index (κ2) is 9.28. The number of ether oxygens (including phenoxy) is 2. The quantitative estimate of drug-likeness (QED) is 0.455. The normalized spacial score (nSPS) is 14.0. The van der Waals surface area contributed by atoms with Crippen molar-refractivity contribution in [2.24, 2.45) is 0 Å². The van der Waals surface area contributed by atoms with Crippen molar-refractivity contribution in [2.75, 3.05) is 11.9 Å². The summed E-state index contributed by atoms with van der Waals surface area (Å²) in [6.45, 7) is 5.64. The third kappa shape index (κ3) is 4.74. The molecule has 1 aliphatic carbocycles. The molecule has 5 rings (SSSR count). The van der Waals surface area contributed by atoms with Gasteiger partial charge in [-0.05, 0) is 60.7 Å². The van der Waals surface area contributed by atoms with Gasteiger partial charge in [-0.2, -0.15) is 0 Å². The van der Waals surface area contributed by atoms with Crippen molar-refractivity contribution in [1.82, 2.24) is 4.90 Å². The van der Waals surface area contributed by atoms with E-state index >= 15 is 0 Å². The molecule has 3 aromatic rings. The van der Waals surface area contributed by atoms with Crippen LogP contribution < -0.4 is 5.32 Å². The van der Waals surface area contributed by atoms with E-state index in [0.29, 0.717) is 16.8 Å². The van der Waals surface area contributed by atoms with Crippen LogP contribution in [0, 0.1) is 0 Å². The van der Waals surface area contributed by atoms with Crippen molar-refractivity contribution in [1.29, 1.82) is 0 Å². The number of rotatable bonds is 4. The topological polar surface area (TPSA) is 105 Å². The molecule has 2 N–H and O–H groups in total. The summed E-state index contributed by atoms with van der Waals surface area (Å²) >= 11 is 0. The fourth-order valence-electron chi connectivity index (χ4n) is 5.01. The number of hydrogen-bond acceptors (Lipinski definition) is 5. The van der Waals surface area contributed by atoms with Crippen LogP contribution in [-0.2, 0) is 22.6 Å². The van der Waals surface area contributed by atoms with Crippen molar-refractivity contribution in [3.8, 4) is 11.1 Å². The second-order valence-corrected chi connectivity index (χ2v) is 10.2. The van der Waals surface area contributed by atoms with Crippen LogP contribution in [-0.4, -0.2) is 40.4 Å². The van der Waals surface area contributed by atoms with Gasteiger partial charge in [0.1, 0.15) is 12.2 Å². The summed E-state index contributed by atoms with van der Waals surface area (Å²) < 4.78 is 11.1. The van der Waals surface area contributed by atoms with Crippen molar-refractivity contribution >= 4 is 23.8 Å². The Labute approximate surface area is 214 Å². The lowest BCUT2D eigenvalue weighted by Crippen LogP contribution is -2.33. The monoisotopic (exact) mass is 500 g/mol. The zero-order valence-corrected chi connectivity index (χ0v) is 20.9.